The second-order valence-electron chi connectivity index (χ2n) is 6.74. The van der Waals surface area contributed by atoms with Crippen molar-refractivity contribution >= 4 is 23.6 Å². The molecule has 0 spiro atoms. The summed E-state index contributed by atoms with van der Waals surface area (Å²) in [7, 11) is 3.13. The van der Waals surface area contributed by atoms with Gasteiger partial charge in [0.15, 0.2) is 11.5 Å². The molecular weight excluding hydrogens is 356 g/mol. The number of fused-ring (bicyclic) bond motifs is 1. The van der Waals surface area contributed by atoms with E-state index in [1.165, 1.54) is 4.90 Å². The molecule has 2 aromatic rings. The quantitative estimate of drug-likeness (QED) is 0.864. The van der Waals surface area contributed by atoms with E-state index in [1.807, 2.05) is 44.2 Å². The minimum atomic E-state index is -0.239. The molecule has 146 valence electrons. The number of para-hydroxylation sites is 1. The van der Waals surface area contributed by atoms with Crippen molar-refractivity contribution < 1.29 is 19.1 Å². The van der Waals surface area contributed by atoms with Gasteiger partial charge in [0, 0.05) is 11.9 Å². The number of ether oxygens (including phenoxy) is 2. The van der Waals surface area contributed by atoms with Crippen LogP contribution in [0.4, 0.5) is 5.69 Å². The SMILES string of the molecule is COc1cc2c(cc1OC)CC(=O)N(CC(=O)Nc1c(C)cccc1C)C=C2. The van der Waals surface area contributed by atoms with Crippen LogP contribution in [0, 0.1) is 13.8 Å². The number of hydrogen-bond acceptors (Lipinski definition) is 4. The topological polar surface area (TPSA) is 67.9 Å². The van der Waals surface area contributed by atoms with Gasteiger partial charge in [-0.3, -0.25) is 9.59 Å². The summed E-state index contributed by atoms with van der Waals surface area (Å²) in [5, 5.41) is 2.92. The predicted octanol–water partition coefficient (Wildman–Crippen LogP) is 3.31. The van der Waals surface area contributed by atoms with E-state index in [0.29, 0.717) is 11.5 Å². The first-order valence-corrected chi connectivity index (χ1v) is 9.01. The van der Waals surface area contributed by atoms with E-state index in [0.717, 1.165) is 27.9 Å². The predicted molar refractivity (Wildman–Crippen MR) is 109 cm³/mol. The van der Waals surface area contributed by atoms with Crippen molar-refractivity contribution in [2.75, 3.05) is 26.1 Å². The number of amides is 2. The standard InChI is InChI=1S/C22H24N2O4/c1-14-6-5-7-15(2)22(14)23-20(25)13-24-9-8-16-10-18(27-3)19(28-4)11-17(16)12-21(24)26/h5-11H,12-13H2,1-4H3,(H,23,25). The summed E-state index contributed by atoms with van der Waals surface area (Å²) in [6.45, 7) is 3.83. The van der Waals surface area contributed by atoms with Crippen LogP contribution in [-0.4, -0.2) is 37.5 Å². The van der Waals surface area contributed by atoms with Crippen LogP contribution in [0.2, 0.25) is 0 Å². The summed E-state index contributed by atoms with van der Waals surface area (Å²) in [4.78, 5) is 26.6. The molecule has 0 saturated carbocycles. The highest BCUT2D eigenvalue weighted by Crippen LogP contribution is 2.32. The molecule has 1 aliphatic heterocycles. The molecule has 1 aliphatic rings. The first kappa shape index (κ1) is 19.5. The Hall–Kier alpha value is -3.28. The van der Waals surface area contributed by atoms with Crippen molar-refractivity contribution in [2.45, 2.75) is 20.3 Å². The lowest BCUT2D eigenvalue weighted by Gasteiger charge is -2.18. The Kier molecular flexibility index (Phi) is 5.68. The second kappa shape index (κ2) is 8.17. The number of aryl methyl sites for hydroxylation is 2. The van der Waals surface area contributed by atoms with E-state index in [1.54, 1.807) is 26.5 Å². The minimum absolute atomic E-state index is 0.0502. The maximum Gasteiger partial charge on any atom is 0.244 e. The summed E-state index contributed by atoms with van der Waals surface area (Å²) in [5.74, 6) is 0.777. The normalized spacial score (nSPS) is 13.0. The summed E-state index contributed by atoms with van der Waals surface area (Å²) in [6.07, 6.45) is 3.64. The maximum atomic E-state index is 12.7. The fourth-order valence-corrected chi connectivity index (χ4v) is 3.25. The van der Waals surface area contributed by atoms with E-state index in [9.17, 15) is 9.59 Å². The monoisotopic (exact) mass is 380 g/mol. The number of anilines is 1. The van der Waals surface area contributed by atoms with Gasteiger partial charge in [-0.1, -0.05) is 18.2 Å². The lowest BCUT2D eigenvalue weighted by Crippen LogP contribution is -2.34. The van der Waals surface area contributed by atoms with Crippen LogP contribution in [-0.2, 0) is 16.0 Å². The Morgan fingerprint density at radius 3 is 2.39 bits per heavy atom. The zero-order chi connectivity index (χ0) is 20.3. The third-order valence-electron chi connectivity index (χ3n) is 4.80. The van der Waals surface area contributed by atoms with E-state index in [4.69, 9.17) is 9.47 Å². The lowest BCUT2D eigenvalue weighted by molar-refractivity contribution is -0.131. The lowest BCUT2D eigenvalue weighted by atomic mass is 10.0. The Balaban J connectivity index is 1.77. The molecule has 0 saturated heterocycles. The number of rotatable bonds is 5. The molecule has 0 unspecified atom stereocenters. The fraction of sp³-hybridized carbons (Fsp3) is 0.273. The highest BCUT2D eigenvalue weighted by Gasteiger charge is 2.21. The molecule has 6 nitrogen and oxygen atoms in total. The number of methoxy groups -OCH3 is 2. The van der Waals surface area contributed by atoms with Gasteiger partial charge in [-0.25, -0.2) is 0 Å². The Morgan fingerprint density at radius 2 is 1.75 bits per heavy atom. The van der Waals surface area contributed by atoms with Crippen LogP contribution < -0.4 is 14.8 Å². The molecule has 0 bridgehead atoms. The summed E-state index contributed by atoms with van der Waals surface area (Å²) in [6, 6.07) is 9.46. The number of carbonyl (C=O) groups excluding carboxylic acids is 2. The van der Waals surface area contributed by atoms with E-state index in [2.05, 4.69) is 5.32 Å². The fourth-order valence-electron chi connectivity index (χ4n) is 3.25. The third-order valence-corrected chi connectivity index (χ3v) is 4.80. The number of hydrogen-bond donors (Lipinski definition) is 1. The zero-order valence-electron chi connectivity index (χ0n) is 16.5. The van der Waals surface area contributed by atoms with Crippen LogP contribution in [0.5, 0.6) is 11.5 Å². The Labute approximate surface area is 164 Å². The molecule has 0 aromatic heterocycles. The van der Waals surface area contributed by atoms with E-state index in [-0.39, 0.29) is 24.8 Å². The first-order chi connectivity index (χ1) is 13.4. The van der Waals surface area contributed by atoms with Crippen molar-refractivity contribution in [3.05, 3.63) is 58.8 Å². The highest BCUT2D eigenvalue weighted by molar-refractivity contribution is 5.96. The van der Waals surface area contributed by atoms with Crippen LogP contribution in [0.25, 0.3) is 6.08 Å². The van der Waals surface area contributed by atoms with Crippen molar-refractivity contribution in [1.29, 1.82) is 0 Å². The van der Waals surface area contributed by atoms with Crippen LogP contribution in [0.1, 0.15) is 22.3 Å². The van der Waals surface area contributed by atoms with Crippen LogP contribution in [0.3, 0.4) is 0 Å². The third kappa shape index (κ3) is 4.01. The molecule has 0 fully saturated rings. The molecule has 28 heavy (non-hydrogen) atoms. The van der Waals surface area contributed by atoms with E-state index >= 15 is 0 Å². The molecule has 1 N–H and O–H groups in total. The maximum absolute atomic E-state index is 12.7. The zero-order valence-corrected chi connectivity index (χ0v) is 16.5. The van der Waals surface area contributed by atoms with Crippen molar-refractivity contribution in [2.24, 2.45) is 0 Å². The molecule has 2 aromatic carbocycles. The number of nitrogens with one attached hydrogen (secondary N) is 1. The van der Waals surface area contributed by atoms with Crippen molar-refractivity contribution in [3.8, 4) is 11.5 Å². The van der Waals surface area contributed by atoms with Gasteiger partial charge >= 0.3 is 0 Å². The number of carbonyl (C=O) groups is 2. The average Bonchev–Trinajstić information content (AvgIpc) is 2.82. The minimum Gasteiger partial charge on any atom is -0.493 e. The molecule has 1 heterocycles. The van der Waals surface area contributed by atoms with Gasteiger partial charge in [-0.05, 0) is 54.3 Å². The average molecular weight is 380 g/mol. The molecule has 2 amide bonds. The molecule has 0 aliphatic carbocycles. The summed E-state index contributed by atoms with van der Waals surface area (Å²) in [5.41, 5.74) is 4.45. The van der Waals surface area contributed by atoms with Gasteiger partial charge < -0.3 is 19.7 Å². The Morgan fingerprint density at radius 1 is 1.11 bits per heavy atom. The molecule has 3 rings (SSSR count). The van der Waals surface area contributed by atoms with Crippen LogP contribution >= 0.6 is 0 Å². The van der Waals surface area contributed by atoms with Crippen LogP contribution in [0.15, 0.2) is 36.5 Å². The smallest absolute Gasteiger partial charge is 0.244 e. The van der Waals surface area contributed by atoms with Gasteiger partial charge in [0.05, 0.1) is 20.6 Å². The Bertz CT molecular complexity index is 930. The highest BCUT2D eigenvalue weighted by atomic mass is 16.5. The van der Waals surface area contributed by atoms with Crippen molar-refractivity contribution in [1.82, 2.24) is 4.90 Å². The van der Waals surface area contributed by atoms with E-state index < -0.39 is 0 Å². The molecular formula is C22H24N2O4. The van der Waals surface area contributed by atoms with Gasteiger partial charge in [-0.15, -0.1) is 0 Å². The van der Waals surface area contributed by atoms with Gasteiger partial charge in [0.25, 0.3) is 0 Å². The molecule has 0 radical (unpaired) electrons. The van der Waals surface area contributed by atoms with Gasteiger partial charge in [-0.2, -0.15) is 0 Å². The summed E-state index contributed by atoms with van der Waals surface area (Å²) >= 11 is 0. The molecule has 6 heteroatoms. The number of nitrogens with zero attached hydrogens (tertiary/aromatic N) is 1. The summed E-state index contributed by atoms with van der Waals surface area (Å²) < 4.78 is 10.6. The van der Waals surface area contributed by atoms with Gasteiger partial charge in [0.1, 0.15) is 6.54 Å². The first-order valence-electron chi connectivity index (χ1n) is 9.01. The van der Waals surface area contributed by atoms with Gasteiger partial charge in [0.2, 0.25) is 11.8 Å². The van der Waals surface area contributed by atoms with Crippen molar-refractivity contribution in [3.63, 3.8) is 0 Å². The molecule has 0 atom stereocenters. The number of benzene rings is 2. The second-order valence-corrected chi connectivity index (χ2v) is 6.74. The largest absolute Gasteiger partial charge is 0.493 e.